The van der Waals surface area contributed by atoms with Crippen molar-refractivity contribution in [1.29, 1.82) is 0 Å². The van der Waals surface area contributed by atoms with Crippen molar-refractivity contribution in [2.45, 2.75) is 51.0 Å². The molecule has 3 atom stereocenters. The molecule has 1 aliphatic heterocycles. The van der Waals surface area contributed by atoms with Crippen molar-refractivity contribution in [3.8, 4) is 5.75 Å². The minimum Gasteiger partial charge on any atom is -0.461 e. The largest absolute Gasteiger partial charge is 0.461 e. The zero-order chi connectivity index (χ0) is 16.5. The van der Waals surface area contributed by atoms with Crippen LogP contribution in [0, 0.1) is 5.41 Å². The normalized spacial score (nSPS) is 27.0. The molecule has 0 bridgehead atoms. The number of benzene rings is 1. The first-order chi connectivity index (χ1) is 10.1. The molecule has 1 aromatic rings. The Morgan fingerprint density at radius 3 is 2.68 bits per heavy atom. The van der Waals surface area contributed by atoms with Crippen LogP contribution in [0.4, 0.5) is 0 Å². The van der Waals surface area contributed by atoms with Crippen LogP contribution in [0.3, 0.4) is 0 Å². The number of halogens is 3. The zero-order valence-corrected chi connectivity index (χ0v) is 16.3. The third-order valence-electron chi connectivity index (χ3n) is 3.55. The lowest BCUT2D eigenvalue weighted by Gasteiger charge is -2.32. The monoisotopic (exact) mass is 410 g/mol. The first-order valence-corrected chi connectivity index (χ1v) is 8.84. The molecule has 1 saturated heterocycles. The van der Waals surface area contributed by atoms with Gasteiger partial charge in [0.25, 0.3) is 0 Å². The summed E-state index contributed by atoms with van der Waals surface area (Å²) in [5.74, 6) is -0.138. The summed E-state index contributed by atoms with van der Waals surface area (Å²) in [5.41, 5.74) is 0.119. The van der Waals surface area contributed by atoms with Crippen LogP contribution < -0.4 is 4.74 Å². The average molecular weight is 412 g/mol. The summed E-state index contributed by atoms with van der Waals surface area (Å²) in [6, 6.07) is 5.10. The van der Waals surface area contributed by atoms with Crippen LogP contribution in [0.2, 0.25) is 10.0 Å². The van der Waals surface area contributed by atoms with E-state index < -0.39 is 12.1 Å². The van der Waals surface area contributed by atoms with E-state index in [-0.39, 0.29) is 10.2 Å². The van der Waals surface area contributed by atoms with E-state index in [0.29, 0.717) is 22.4 Å². The van der Waals surface area contributed by atoms with Gasteiger partial charge in [-0.1, -0.05) is 59.9 Å². The quantitative estimate of drug-likeness (QED) is 0.598. The molecule has 0 amide bonds. The van der Waals surface area contributed by atoms with Gasteiger partial charge in [-0.15, -0.1) is 0 Å². The molecule has 1 heterocycles. The van der Waals surface area contributed by atoms with E-state index in [1.807, 2.05) is 6.92 Å². The lowest BCUT2D eigenvalue weighted by Crippen LogP contribution is -2.35. The molecule has 0 aliphatic carbocycles. The van der Waals surface area contributed by atoms with Gasteiger partial charge in [0, 0.05) is 16.3 Å². The molecule has 0 spiro atoms. The van der Waals surface area contributed by atoms with Crippen LogP contribution >= 0.6 is 39.1 Å². The maximum atomic E-state index is 6.11. The number of ether oxygens (including phenoxy) is 3. The number of hydrogen-bond acceptors (Lipinski definition) is 3. The Bertz CT molecular complexity index is 533. The summed E-state index contributed by atoms with van der Waals surface area (Å²) in [7, 11) is 0. The summed E-state index contributed by atoms with van der Waals surface area (Å²) >= 11 is 15.7. The zero-order valence-electron chi connectivity index (χ0n) is 13.2. The first-order valence-electron chi connectivity index (χ1n) is 7.17. The Labute approximate surface area is 150 Å². The number of hydrogen-bond donors (Lipinski definition) is 0. The van der Waals surface area contributed by atoms with E-state index >= 15 is 0 Å². The second kappa shape index (κ2) is 6.86. The van der Waals surface area contributed by atoms with Crippen molar-refractivity contribution in [2.24, 2.45) is 5.41 Å². The van der Waals surface area contributed by atoms with Gasteiger partial charge in [-0.05, 0) is 30.5 Å². The minimum atomic E-state index is -0.676. The number of alkyl halides is 1. The van der Waals surface area contributed by atoms with E-state index in [0.717, 1.165) is 6.42 Å². The maximum absolute atomic E-state index is 6.11. The Morgan fingerprint density at radius 1 is 1.41 bits per heavy atom. The molecule has 3 unspecified atom stereocenters. The Morgan fingerprint density at radius 2 is 2.09 bits per heavy atom. The average Bonchev–Trinajstić information content (AvgIpc) is 2.73. The number of rotatable bonds is 4. The molecule has 0 N–H and O–H groups in total. The van der Waals surface area contributed by atoms with E-state index in [1.165, 1.54) is 0 Å². The van der Waals surface area contributed by atoms with Crippen molar-refractivity contribution in [2.75, 3.05) is 6.61 Å². The van der Waals surface area contributed by atoms with E-state index in [1.54, 1.807) is 18.2 Å². The fourth-order valence-electron chi connectivity index (χ4n) is 2.10. The van der Waals surface area contributed by atoms with Gasteiger partial charge in [-0.3, -0.25) is 0 Å². The van der Waals surface area contributed by atoms with Crippen molar-refractivity contribution in [3.05, 3.63) is 28.2 Å². The van der Waals surface area contributed by atoms with Gasteiger partial charge in [0.15, 0.2) is 5.79 Å². The van der Waals surface area contributed by atoms with Gasteiger partial charge < -0.3 is 14.2 Å². The molecule has 0 saturated carbocycles. The highest BCUT2D eigenvalue weighted by Gasteiger charge is 2.42. The second-order valence-electron chi connectivity index (χ2n) is 6.72. The molecule has 124 valence electrons. The third kappa shape index (κ3) is 4.75. The van der Waals surface area contributed by atoms with Gasteiger partial charge in [-0.25, -0.2) is 0 Å². The van der Waals surface area contributed by atoms with Crippen molar-refractivity contribution >= 4 is 39.1 Å². The summed E-state index contributed by atoms with van der Waals surface area (Å²) in [4.78, 5) is 0.267. The van der Waals surface area contributed by atoms with E-state index in [2.05, 4.69) is 36.7 Å². The van der Waals surface area contributed by atoms with Crippen LogP contribution in [-0.4, -0.2) is 23.5 Å². The van der Waals surface area contributed by atoms with Gasteiger partial charge in [0.05, 0.1) is 5.02 Å². The van der Waals surface area contributed by atoms with Crippen molar-refractivity contribution < 1.29 is 14.2 Å². The van der Waals surface area contributed by atoms with Crippen molar-refractivity contribution in [3.63, 3.8) is 0 Å². The maximum Gasteiger partial charge on any atom is 0.226 e. The van der Waals surface area contributed by atoms with Crippen LogP contribution in [0.5, 0.6) is 5.75 Å². The van der Waals surface area contributed by atoms with E-state index in [9.17, 15) is 0 Å². The van der Waals surface area contributed by atoms with Gasteiger partial charge in [-0.2, -0.15) is 0 Å². The second-order valence-corrected chi connectivity index (χ2v) is 8.67. The summed E-state index contributed by atoms with van der Waals surface area (Å²) in [5, 5.41) is 1.02. The topological polar surface area (TPSA) is 27.7 Å². The van der Waals surface area contributed by atoms with Crippen LogP contribution in [-0.2, 0) is 9.47 Å². The van der Waals surface area contributed by atoms with Gasteiger partial charge in [0.2, 0.25) is 6.29 Å². The molecule has 22 heavy (non-hydrogen) atoms. The predicted octanol–water partition coefficient (Wildman–Crippen LogP) is 5.66. The Balaban J connectivity index is 1.97. The fourth-order valence-corrected chi connectivity index (χ4v) is 3.14. The molecule has 6 heteroatoms. The fraction of sp³-hybridized carbons (Fsp3) is 0.625. The molecule has 0 radical (unpaired) electrons. The highest BCUT2D eigenvalue weighted by atomic mass is 79.9. The molecule has 1 fully saturated rings. The van der Waals surface area contributed by atoms with Gasteiger partial charge in [0.1, 0.15) is 12.4 Å². The summed E-state index contributed by atoms with van der Waals surface area (Å²) in [6.45, 7) is 8.81. The van der Waals surface area contributed by atoms with E-state index in [4.69, 9.17) is 37.4 Å². The first kappa shape index (κ1) is 18.3. The Kier molecular flexibility index (Phi) is 5.72. The minimum absolute atomic E-state index is 0.119. The SMILES string of the molecule is CC1(CC(Br)C(C)(C)C)OCC(Oc2ccc(Cl)cc2Cl)O1. The standard InChI is InChI=1S/C16H21BrCl2O3/c1-15(2,3)13(17)8-16(4)20-9-14(22-16)21-12-6-5-10(18)7-11(12)19/h5-7,13-14H,8-9H2,1-4H3. The van der Waals surface area contributed by atoms with Crippen LogP contribution in [0.25, 0.3) is 0 Å². The summed E-state index contributed by atoms with van der Waals surface area (Å²) < 4.78 is 17.5. The lowest BCUT2D eigenvalue weighted by atomic mass is 9.88. The summed E-state index contributed by atoms with van der Waals surface area (Å²) in [6.07, 6.45) is 0.244. The third-order valence-corrected chi connectivity index (χ3v) is 5.78. The molecular formula is C16H21BrCl2O3. The van der Waals surface area contributed by atoms with Crippen LogP contribution in [0.15, 0.2) is 18.2 Å². The predicted molar refractivity (Wildman–Crippen MR) is 93.1 cm³/mol. The van der Waals surface area contributed by atoms with Crippen LogP contribution in [0.1, 0.15) is 34.1 Å². The van der Waals surface area contributed by atoms with Crippen molar-refractivity contribution in [1.82, 2.24) is 0 Å². The molecular weight excluding hydrogens is 391 g/mol. The molecule has 1 aromatic carbocycles. The van der Waals surface area contributed by atoms with Gasteiger partial charge >= 0.3 is 0 Å². The molecule has 3 nitrogen and oxygen atoms in total. The highest BCUT2D eigenvalue weighted by molar-refractivity contribution is 9.09. The molecule has 0 aromatic heterocycles. The highest BCUT2D eigenvalue weighted by Crippen LogP contribution is 2.38. The Hall–Kier alpha value is -0.0000000000000000763. The molecule has 2 rings (SSSR count). The molecule has 1 aliphatic rings. The smallest absolute Gasteiger partial charge is 0.226 e. The lowest BCUT2D eigenvalue weighted by molar-refractivity contribution is -0.185.